The van der Waals surface area contributed by atoms with Crippen molar-refractivity contribution in [3.8, 4) is 0 Å². The molecule has 0 aromatic rings. The highest BCUT2D eigenvalue weighted by Crippen LogP contribution is 1.17. The minimum absolute atomic E-state index is 1.58. The summed E-state index contributed by atoms with van der Waals surface area (Å²) in [6.07, 6.45) is 0. The van der Waals surface area contributed by atoms with Gasteiger partial charge in [-0.25, -0.2) is 16.2 Å². The first kappa shape index (κ1) is 22.4. The molecule has 11 heavy (non-hydrogen) atoms. The van der Waals surface area contributed by atoms with Crippen LogP contribution in [0.1, 0.15) is 13.8 Å². The van der Waals surface area contributed by atoms with Crippen LogP contribution in [-0.4, -0.2) is 15.5 Å². The van der Waals surface area contributed by atoms with Crippen molar-refractivity contribution in [1.29, 1.82) is 16.2 Å². The highest BCUT2D eigenvalue weighted by atomic mass is 32.1. The molecule has 0 saturated carbocycles. The van der Waals surface area contributed by atoms with E-state index >= 15 is 0 Å². The molecular weight excluding hydrogens is 198 g/mol. The number of thiocarbonyl (C=S) groups is 3. The summed E-state index contributed by atoms with van der Waals surface area (Å²) in [5, 5.41) is 22.1. The molecule has 0 radical (unpaired) electrons. The summed E-state index contributed by atoms with van der Waals surface area (Å²) in [5.41, 5.74) is 0. The molecule has 0 aliphatic carbocycles. The summed E-state index contributed by atoms with van der Waals surface area (Å²) in [6.45, 7) is 4.00. The second-order valence-electron chi connectivity index (χ2n) is 0.306. The van der Waals surface area contributed by atoms with Gasteiger partial charge in [-0.3, -0.25) is 0 Å². The number of hydrogen-bond acceptors (Lipinski definition) is 6. The number of isothiocyanates is 3. The van der Waals surface area contributed by atoms with E-state index in [9.17, 15) is 0 Å². The first-order valence-electron chi connectivity index (χ1n) is 2.36. The van der Waals surface area contributed by atoms with Gasteiger partial charge in [-0.1, -0.05) is 13.8 Å². The van der Waals surface area contributed by atoms with E-state index in [0.29, 0.717) is 0 Å². The van der Waals surface area contributed by atoms with Gasteiger partial charge in [0.1, 0.15) is 0 Å². The van der Waals surface area contributed by atoms with Crippen LogP contribution in [0, 0.1) is 16.2 Å². The highest BCUT2D eigenvalue weighted by molar-refractivity contribution is 7.78. The van der Waals surface area contributed by atoms with Gasteiger partial charge >= 0.3 is 0 Å². The van der Waals surface area contributed by atoms with E-state index in [2.05, 4.69) is 36.7 Å². The third kappa shape index (κ3) is 1430. The van der Waals surface area contributed by atoms with Gasteiger partial charge in [0.2, 0.25) is 0 Å². The molecule has 3 nitrogen and oxygen atoms in total. The predicted octanol–water partition coefficient (Wildman–Crippen LogP) is 3.03. The van der Waals surface area contributed by atoms with Gasteiger partial charge in [0, 0.05) is 0 Å². The Morgan fingerprint density at radius 1 is 0.727 bits per heavy atom. The smallest absolute Gasteiger partial charge is 0.0554 e. The van der Waals surface area contributed by atoms with Crippen LogP contribution in [0.25, 0.3) is 0 Å². The zero-order chi connectivity index (χ0) is 10.1. The molecule has 0 rings (SSSR count). The lowest BCUT2D eigenvalue weighted by Crippen LogP contribution is -1.03. The van der Waals surface area contributed by atoms with E-state index in [-0.39, 0.29) is 0 Å². The molecule has 0 saturated heterocycles. The second-order valence-corrected chi connectivity index (χ2v) is 0.919. The zero-order valence-corrected chi connectivity index (χ0v) is 8.67. The van der Waals surface area contributed by atoms with Crippen LogP contribution in [-0.2, 0) is 0 Å². The van der Waals surface area contributed by atoms with Gasteiger partial charge in [-0.15, -0.1) is 0 Å². The van der Waals surface area contributed by atoms with Gasteiger partial charge in [-0.2, -0.15) is 0 Å². The molecule has 0 aromatic heterocycles. The molecule has 0 aliphatic rings. The molecule has 0 fully saturated rings. The Morgan fingerprint density at radius 3 is 0.727 bits per heavy atom. The van der Waals surface area contributed by atoms with Gasteiger partial charge < -0.3 is 0 Å². The first-order chi connectivity index (χ1) is 5.24. The maximum atomic E-state index is 5.77. The summed E-state index contributed by atoms with van der Waals surface area (Å²) < 4.78 is 0. The lowest BCUT2D eigenvalue weighted by atomic mass is 11.0. The highest BCUT2D eigenvalue weighted by Gasteiger charge is 0.981. The minimum atomic E-state index is 1.58. The van der Waals surface area contributed by atoms with Crippen LogP contribution in [0.4, 0.5) is 0 Å². The van der Waals surface area contributed by atoms with Crippen LogP contribution in [0.3, 0.4) is 0 Å². The normalized spacial score (nSPS) is 2.73. The van der Waals surface area contributed by atoms with E-state index < -0.39 is 0 Å². The van der Waals surface area contributed by atoms with Gasteiger partial charge in [0.05, 0.1) is 15.5 Å². The molecule has 0 spiro atoms. The molecule has 6 heteroatoms. The first-order valence-corrected chi connectivity index (χ1v) is 3.59. The lowest BCUT2D eigenvalue weighted by Gasteiger charge is -1.07. The Labute approximate surface area is 82.3 Å². The number of hydrogen-bond donors (Lipinski definition) is 3. The van der Waals surface area contributed by atoms with Crippen LogP contribution < -0.4 is 0 Å². The van der Waals surface area contributed by atoms with E-state index in [0.717, 1.165) is 0 Å². The fraction of sp³-hybridized carbons (Fsp3) is 0.400. The molecule has 3 N–H and O–H groups in total. The fourth-order valence-electron chi connectivity index (χ4n) is 0. The lowest BCUT2D eigenvalue weighted by molar-refractivity contribution is 1.50. The van der Waals surface area contributed by atoms with E-state index in [1.165, 1.54) is 0 Å². The molecule has 0 bridgehead atoms. The molecule has 62 valence electrons. The Balaban J connectivity index is -0.0000000301. The second kappa shape index (κ2) is 115. The molecule has 0 unspecified atom stereocenters. The van der Waals surface area contributed by atoms with Crippen molar-refractivity contribution >= 4 is 52.1 Å². The molecule has 0 amide bonds. The van der Waals surface area contributed by atoms with Gasteiger partial charge in [-0.05, 0) is 36.7 Å². The van der Waals surface area contributed by atoms with Crippen LogP contribution in [0.15, 0.2) is 0 Å². The van der Waals surface area contributed by atoms with Gasteiger partial charge in [0.25, 0.3) is 0 Å². The largest absolute Gasteiger partial charge is 0.248 e. The molecule has 0 aromatic carbocycles. The fourth-order valence-corrected chi connectivity index (χ4v) is 0. The SMILES string of the molecule is CC.N=C=S.N=C=S.N=C=S. The molecule has 0 atom stereocenters. The van der Waals surface area contributed by atoms with Crippen molar-refractivity contribution in [2.45, 2.75) is 13.8 Å². The van der Waals surface area contributed by atoms with Crippen molar-refractivity contribution in [3.63, 3.8) is 0 Å². The Morgan fingerprint density at radius 2 is 0.727 bits per heavy atom. The van der Waals surface area contributed by atoms with Crippen molar-refractivity contribution in [2.75, 3.05) is 0 Å². The summed E-state index contributed by atoms with van der Waals surface area (Å²) in [4.78, 5) is 0. The van der Waals surface area contributed by atoms with Crippen molar-refractivity contribution < 1.29 is 0 Å². The van der Waals surface area contributed by atoms with Crippen LogP contribution >= 0.6 is 36.7 Å². The van der Waals surface area contributed by atoms with Crippen LogP contribution in [0.2, 0.25) is 0 Å². The quantitative estimate of drug-likeness (QED) is 0.422. The zero-order valence-electron chi connectivity index (χ0n) is 6.22. The number of rotatable bonds is 0. The maximum Gasteiger partial charge on any atom is 0.0554 e. The van der Waals surface area contributed by atoms with Crippen molar-refractivity contribution in [1.82, 2.24) is 0 Å². The van der Waals surface area contributed by atoms with Crippen LogP contribution in [0.5, 0.6) is 0 Å². The van der Waals surface area contributed by atoms with E-state index in [4.69, 9.17) is 16.2 Å². The monoisotopic (exact) mass is 207 g/mol. The van der Waals surface area contributed by atoms with Crippen molar-refractivity contribution in [2.24, 2.45) is 0 Å². The Bertz CT molecular complexity index is 109. The summed E-state index contributed by atoms with van der Waals surface area (Å²) in [5.74, 6) is 0. The Hall–Kier alpha value is -0.600. The average Bonchev–Trinajstić information content (AvgIpc) is 1.96. The molecular formula is C5H9N3S3. The summed E-state index contributed by atoms with van der Waals surface area (Å²) in [7, 11) is 0. The van der Waals surface area contributed by atoms with E-state index in [1.54, 1.807) is 15.5 Å². The third-order valence-electron chi connectivity index (χ3n) is 0. The van der Waals surface area contributed by atoms with Gasteiger partial charge in [0.15, 0.2) is 0 Å². The molecule has 0 aliphatic heterocycles. The topological polar surface area (TPSA) is 71.6 Å². The van der Waals surface area contributed by atoms with Crippen molar-refractivity contribution in [3.05, 3.63) is 0 Å². The predicted molar refractivity (Wildman–Crippen MR) is 57.3 cm³/mol. The van der Waals surface area contributed by atoms with E-state index in [1.807, 2.05) is 13.8 Å². The Kier molecular flexibility index (Phi) is 235. The minimum Gasteiger partial charge on any atom is -0.248 e. The standard InChI is InChI=1S/C2H6.3CHNS/c1-2;3*2-1-3/h1-2H3;3*2H. The third-order valence-corrected chi connectivity index (χ3v) is 0. The average molecular weight is 207 g/mol. The summed E-state index contributed by atoms with van der Waals surface area (Å²) in [6, 6.07) is 0. The maximum absolute atomic E-state index is 5.77. The molecule has 0 heterocycles. The summed E-state index contributed by atoms with van der Waals surface area (Å²) >= 11 is 11.4. The number of nitrogens with one attached hydrogen (secondary N) is 3.